The van der Waals surface area contributed by atoms with Gasteiger partial charge in [0.05, 0.1) is 5.02 Å². The van der Waals surface area contributed by atoms with E-state index in [0.29, 0.717) is 10.2 Å². The molecule has 0 aliphatic heterocycles. The van der Waals surface area contributed by atoms with Crippen LogP contribution in [0.15, 0.2) is 36.7 Å². The second-order valence-electron chi connectivity index (χ2n) is 7.23. The molecule has 2 aromatic rings. The molecular formula is C18H24Cl2N2. The van der Waals surface area contributed by atoms with Gasteiger partial charge in [0.1, 0.15) is 5.15 Å². The predicted molar refractivity (Wildman–Crippen MR) is 95.9 cm³/mol. The van der Waals surface area contributed by atoms with Crippen LogP contribution in [-0.4, -0.2) is 9.97 Å². The first-order valence-electron chi connectivity index (χ1n) is 7.24. The number of halogens is 2. The molecule has 0 bridgehead atoms. The molecular weight excluding hydrogens is 315 g/mol. The fourth-order valence-corrected chi connectivity index (χ4v) is 1.86. The second-order valence-corrected chi connectivity index (χ2v) is 8.05. The van der Waals surface area contributed by atoms with Gasteiger partial charge < -0.3 is 0 Å². The van der Waals surface area contributed by atoms with Crippen LogP contribution in [0.3, 0.4) is 0 Å². The highest BCUT2D eigenvalue weighted by atomic mass is 35.5. The Morgan fingerprint density at radius 3 is 1.73 bits per heavy atom. The number of hydrogen-bond donors (Lipinski definition) is 0. The Bertz CT molecular complexity index is 521. The third kappa shape index (κ3) is 6.33. The minimum atomic E-state index is 0.116. The van der Waals surface area contributed by atoms with Gasteiger partial charge in [0.15, 0.2) is 0 Å². The fraction of sp³-hybridized carbons (Fsp3) is 0.444. The first kappa shape index (κ1) is 18.9. The van der Waals surface area contributed by atoms with Crippen molar-refractivity contribution >= 4 is 23.2 Å². The lowest BCUT2D eigenvalue weighted by atomic mass is 9.88. The molecule has 0 aliphatic carbocycles. The zero-order valence-electron chi connectivity index (χ0n) is 14.1. The molecule has 0 aliphatic rings. The molecule has 0 unspecified atom stereocenters. The summed E-state index contributed by atoms with van der Waals surface area (Å²) in [4.78, 5) is 8.23. The van der Waals surface area contributed by atoms with Crippen LogP contribution < -0.4 is 0 Å². The zero-order chi connectivity index (χ0) is 17.0. The summed E-state index contributed by atoms with van der Waals surface area (Å²) in [6.07, 6.45) is 3.50. The molecule has 0 atom stereocenters. The van der Waals surface area contributed by atoms with E-state index in [9.17, 15) is 0 Å². The van der Waals surface area contributed by atoms with Gasteiger partial charge in [-0.2, -0.15) is 0 Å². The number of nitrogens with zero attached hydrogens (tertiary/aromatic N) is 2. The molecule has 2 heterocycles. The third-order valence-electron chi connectivity index (χ3n) is 3.09. The second kappa shape index (κ2) is 7.43. The van der Waals surface area contributed by atoms with Crippen LogP contribution in [0.5, 0.6) is 0 Å². The summed E-state index contributed by atoms with van der Waals surface area (Å²) in [6, 6.07) is 7.66. The van der Waals surface area contributed by atoms with E-state index >= 15 is 0 Å². The van der Waals surface area contributed by atoms with E-state index in [-0.39, 0.29) is 10.8 Å². The monoisotopic (exact) mass is 338 g/mol. The quantitative estimate of drug-likeness (QED) is 0.545. The Labute approximate surface area is 143 Å². The molecule has 2 nitrogen and oxygen atoms in total. The van der Waals surface area contributed by atoms with Gasteiger partial charge in [0, 0.05) is 23.5 Å². The van der Waals surface area contributed by atoms with Crippen molar-refractivity contribution in [2.24, 2.45) is 0 Å². The molecule has 0 saturated carbocycles. The zero-order valence-corrected chi connectivity index (χ0v) is 15.6. The Balaban J connectivity index is 0.000000220. The van der Waals surface area contributed by atoms with Crippen LogP contribution in [-0.2, 0) is 10.8 Å². The molecule has 120 valence electrons. The summed E-state index contributed by atoms with van der Waals surface area (Å²) < 4.78 is 0. The molecule has 0 amide bonds. The lowest BCUT2D eigenvalue weighted by molar-refractivity contribution is 0.569. The lowest BCUT2D eigenvalue weighted by Gasteiger charge is -2.17. The maximum atomic E-state index is 5.70. The highest BCUT2D eigenvalue weighted by Crippen LogP contribution is 2.22. The largest absolute Gasteiger partial charge is 0.259 e. The first-order chi connectivity index (χ1) is 10.00. The normalized spacial score (nSPS) is 11.6. The van der Waals surface area contributed by atoms with E-state index in [1.54, 1.807) is 6.20 Å². The van der Waals surface area contributed by atoms with Crippen LogP contribution in [0.1, 0.15) is 52.8 Å². The van der Waals surface area contributed by atoms with Crippen LogP contribution in [0.25, 0.3) is 0 Å². The van der Waals surface area contributed by atoms with Gasteiger partial charge in [0.2, 0.25) is 0 Å². The number of aromatic nitrogens is 2. The molecule has 4 heteroatoms. The molecule has 0 aromatic carbocycles. The topological polar surface area (TPSA) is 25.8 Å². The van der Waals surface area contributed by atoms with Crippen molar-refractivity contribution in [3.8, 4) is 0 Å². The summed E-state index contributed by atoms with van der Waals surface area (Å²) in [5, 5.41) is 1.25. The standard InChI is InChI=1S/2C9H12ClN/c1-9(2,3)8-5-4-7(10)6-11-8;1-9(2,3)7-4-5-8(10)11-6-7/h2*4-6H,1-3H3. The Morgan fingerprint density at radius 1 is 0.727 bits per heavy atom. The molecule has 0 spiro atoms. The highest BCUT2D eigenvalue weighted by molar-refractivity contribution is 6.30. The van der Waals surface area contributed by atoms with E-state index in [1.807, 2.05) is 30.5 Å². The SMILES string of the molecule is CC(C)(C)c1ccc(Cl)cn1.CC(C)(C)c1ccc(Cl)nc1. The van der Waals surface area contributed by atoms with Crippen molar-refractivity contribution in [2.75, 3.05) is 0 Å². The Hall–Kier alpha value is -1.12. The minimum absolute atomic E-state index is 0.116. The minimum Gasteiger partial charge on any atom is -0.259 e. The van der Waals surface area contributed by atoms with Gasteiger partial charge >= 0.3 is 0 Å². The Morgan fingerprint density at radius 2 is 1.36 bits per heavy atom. The van der Waals surface area contributed by atoms with Gasteiger partial charge in [-0.1, -0.05) is 70.8 Å². The molecule has 0 saturated heterocycles. The van der Waals surface area contributed by atoms with Crippen molar-refractivity contribution in [1.82, 2.24) is 9.97 Å². The van der Waals surface area contributed by atoms with E-state index in [1.165, 1.54) is 5.56 Å². The molecule has 2 rings (SSSR count). The number of hydrogen-bond acceptors (Lipinski definition) is 2. The van der Waals surface area contributed by atoms with Crippen molar-refractivity contribution in [3.63, 3.8) is 0 Å². The van der Waals surface area contributed by atoms with E-state index in [2.05, 4.69) is 51.5 Å². The first-order valence-corrected chi connectivity index (χ1v) is 8.00. The summed E-state index contributed by atoms with van der Waals surface area (Å²) in [6.45, 7) is 12.8. The van der Waals surface area contributed by atoms with Crippen LogP contribution in [0.2, 0.25) is 10.2 Å². The Kier molecular flexibility index (Phi) is 6.39. The van der Waals surface area contributed by atoms with Crippen LogP contribution in [0.4, 0.5) is 0 Å². The van der Waals surface area contributed by atoms with Crippen molar-refractivity contribution in [1.29, 1.82) is 0 Å². The third-order valence-corrected chi connectivity index (χ3v) is 3.54. The molecule has 0 N–H and O–H groups in total. The predicted octanol–water partition coefficient (Wildman–Crippen LogP) is 6.07. The molecule has 2 aromatic heterocycles. The van der Waals surface area contributed by atoms with Gasteiger partial charge in [-0.15, -0.1) is 0 Å². The van der Waals surface area contributed by atoms with Gasteiger partial charge in [0.25, 0.3) is 0 Å². The van der Waals surface area contributed by atoms with Crippen LogP contribution >= 0.6 is 23.2 Å². The summed E-state index contributed by atoms with van der Waals surface area (Å²) in [5.41, 5.74) is 2.56. The van der Waals surface area contributed by atoms with Gasteiger partial charge in [-0.25, -0.2) is 4.98 Å². The fourth-order valence-electron chi connectivity index (χ4n) is 1.64. The summed E-state index contributed by atoms with van der Waals surface area (Å²) in [5.74, 6) is 0. The lowest BCUT2D eigenvalue weighted by Crippen LogP contribution is -2.12. The molecule has 0 radical (unpaired) electrons. The summed E-state index contributed by atoms with van der Waals surface area (Å²) >= 11 is 11.3. The average molecular weight is 339 g/mol. The highest BCUT2D eigenvalue weighted by Gasteiger charge is 2.14. The maximum absolute atomic E-state index is 5.70. The van der Waals surface area contributed by atoms with Crippen molar-refractivity contribution < 1.29 is 0 Å². The smallest absolute Gasteiger partial charge is 0.129 e. The number of rotatable bonds is 0. The van der Waals surface area contributed by atoms with E-state index < -0.39 is 0 Å². The molecule has 0 fully saturated rings. The van der Waals surface area contributed by atoms with Crippen molar-refractivity contribution in [2.45, 2.75) is 52.4 Å². The number of pyridine rings is 2. The van der Waals surface area contributed by atoms with Crippen LogP contribution in [0, 0.1) is 0 Å². The van der Waals surface area contributed by atoms with E-state index in [0.717, 1.165) is 5.69 Å². The van der Waals surface area contributed by atoms with Gasteiger partial charge in [-0.3, -0.25) is 4.98 Å². The maximum Gasteiger partial charge on any atom is 0.129 e. The van der Waals surface area contributed by atoms with E-state index in [4.69, 9.17) is 23.2 Å². The van der Waals surface area contributed by atoms with Crippen molar-refractivity contribution in [3.05, 3.63) is 58.1 Å². The summed E-state index contributed by atoms with van der Waals surface area (Å²) in [7, 11) is 0. The molecule has 22 heavy (non-hydrogen) atoms. The average Bonchev–Trinajstić information content (AvgIpc) is 2.38. The van der Waals surface area contributed by atoms with Gasteiger partial charge in [-0.05, 0) is 29.2 Å².